The second-order valence-electron chi connectivity index (χ2n) is 16.3. The average molecular weight is 856 g/mol. The maximum Gasteiger partial charge on any atom is 0.162 e. The molecule has 5 nitrogen and oxygen atoms in total. The van der Waals surface area contributed by atoms with E-state index in [1.54, 1.807) is 6.33 Å². The minimum Gasteiger partial charge on any atom is -0.512 e. The molecular formula is C42H55IrN2O3Si-. The number of ether oxygens (including phenoxy) is 1. The number of aromatic nitrogens is 2. The van der Waals surface area contributed by atoms with Gasteiger partial charge < -0.3 is 9.84 Å². The van der Waals surface area contributed by atoms with Gasteiger partial charge in [0.1, 0.15) is 12.1 Å². The molecule has 0 atom stereocenters. The molecule has 3 aromatic carbocycles. The molecule has 0 unspecified atom stereocenters. The number of fused-ring (bicyclic) bond motifs is 5. The van der Waals surface area contributed by atoms with E-state index in [1.165, 1.54) is 33.3 Å². The Balaban J connectivity index is 0.000000290. The minimum atomic E-state index is -1.78. The summed E-state index contributed by atoms with van der Waals surface area (Å²) < 4.78 is 7.04. The van der Waals surface area contributed by atoms with Gasteiger partial charge in [-0.05, 0) is 61.5 Å². The number of aliphatic hydroxyl groups is 1. The summed E-state index contributed by atoms with van der Waals surface area (Å²) in [4.78, 5) is 21.2. The summed E-state index contributed by atoms with van der Waals surface area (Å²) in [5.74, 6) is 2.48. The Morgan fingerprint density at radius 3 is 2.18 bits per heavy atom. The van der Waals surface area contributed by atoms with E-state index in [0.717, 1.165) is 71.1 Å². The number of benzene rings is 3. The van der Waals surface area contributed by atoms with Crippen LogP contribution in [0.5, 0.6) is 11.5 Å². The topological polar surface area (TPSA) is 72.3 Å². The summed E-state index contributed by atoms with van der Waals surface area (Å²) in [6, 6.07) is 12.7. The molecule has 0 saturated carbocycles. The zero-order valence-corrected chi connectivity index (χ0v) is 35.0. The molecule has 1 radical (unpaired) electrons. The molecule has 49 heavy (non-hydrogen) atoms. The second-order valence-corrected chi connectivity index (χ2v) is 21.3. The summed E-state index contributed by atoms with van der Waals surface area (Å²) in [5, 5.41) is 14.6. The van der Waals surface area contributed by atoms with Gasteiger partial charge in [-0.2, -0.15) is 0 Å². The molecule has 7 heteroatoms. The van der Waals surface area contributed by atoms with Gasteiger partial charge in [0.25, 0.3) is 0 Å². The first-order valence-electron chi connectivity index (χ1n) is 17.9. The van der Waals surface area contributed by atoms with E-state index in [1.807, 2.05) is 27.7 Å². The Hall–Kier alpha value is -2.86. The molecule has 1 aromatic heterocycles. The number of aliphatic hydroxyl groups excluding tert-OH is 1. The maximum absolute atomic E-state index is 11.7. The standard InChI is InChI=1S/C29H31N2OSi.C13H24O2.Ir/c1-16-9-10-18-17(11-16)12-19-24-22-21(30-15-31-24)13-20-23(29(4,5)14-28(20,2)3)26(22)32-25(19)27(18)33(6,7)8;1-5-10(6-2)12(14)9-13(15)11(7-3)8-4;/h9-11,13,15H,14H2,1-8H3;9-11,14H,5-8H2,1-4H3;/q-1;;/b;12-9-;. The van der Waals surface area contributed by atoms with Crippen LogP contribution in [0.15, 0.2) is 42.4 Å². The van der Waals surface area contributed by atoms with Gasteiger partial charge >= 0.3 is 0 Å². The number of nitrogens with zero attached hydrogens (tertiary/aromatic N) is 2. The summed E-state index contributed by atoms with van der Waals surface area (Å²) in [7, 11) is -1.78. The Labute approximate surface area is 308 Å². The summed E-state index contributed by atoms with van der Waals surface area (Å²) in [5.41, 5.74) is 6.94. The minimum absolute atomic E-state index is 0. The number of rotatable bonds is 8. The Morgan fingerprint density at radius 2 is 1.59 bits per heavy atom. The van der Waals surface area contributed by atoms with Crippen molar-refractivity contribution in [1.82, 2.24) is 9.97 Å². The Bertz CT molecular complexity index is 1910. The zero-order valence-electron chi connectivity index (χ0n) is 31.6. The number of carbonyl (C=O) groups is 1. The third kappa shape index (κ3) is 7.18. The molecule has 2 aliphatic rings. The number of hydrogen-bond donors (Lipinski definition) is 1. The first-order chi connectivity index (χ1) is 22.5. The van der Waals surface area contributed by atoms with Gasteiger partial charge in [0.2, 0.25) is 0 Å². The van der Waals surface area contributed by atoms with Crippen molar-refractivity contribution in [1.29, 1.82) is 0 Å². The molecular weight excluding hydrogens is 801 g/mol. The SMILES string of the molecule is CCC(CC)C(=O)/C=C(\O)C(CC)CC.Cc1ccc2c([Si](C)(C)C)c3c([c-]c2c1)-c1ncnc2cc4c(c(c12)O3)C(C)(C)CC4(C)C.[Ir]. The molecule has 1 aliphatic heterocycles. The van der Waals surface area contributed by atoms with Crippen LogP contribution < -0.4 is 9.92 Å². The van der Waals surface area contributed by atoms with Gasteiger partial charge in [0.15, 0.2) is 5.78 Å². The molecule has 1 aliphatic carbocycles. The number of allylic oxidation sites excluding steroid dienone is 2. The number of hydrogen-bond acceptors (Lipinski definition) is 5. The van der Waals surface area contributed by atoms with Crippen molar-refractivity contribution in [2.24, 2.45) is 11.8 Å². The molecule has 0 spiro atoms. The third-order valence-corrected chi connectivity index (χ3v) is 12.6. The predicted octanol–water partition coefficient (Wildman–Crippen LogP) is 11.0. The van der Waals surface area contributed by atoms with Gasteiger partial charge in [0.05, 0.1) is 25.1 Å². The van der Waals surface area contributed by atoms with Gasteiger partial charge in [-0.3, -0.25) is 9.78 Å². The largest absolute Gasteiger partial charge is 0.512 e. The van der Waals surface area contributed by atoms with E-state index in [4.69, 9.17) is 14.7 Å². The predicted molar refractivity (Wildman–Crippen MR) is 204 cm³/mol. The maximum atomic E-state index is 11.7. The normalized spacial score (nSPS) is 15.8. The molecule has 0 bridgehead atoms. The van der Waals surface area contributed by atoms with Crippen molar-refractivity contribution >= 4 is 40.7 Å². The van der Waals surface area contributed by atoms with Crippen LogP contribution in [0.25, 0.3) is 32.9 Å². The van der Waals surface area contributed by atoms with E-state index in [-0.39, 0.29) is 54.3 Å². The molecule has 1 N–H and O–H groups in total. The fraction of sp³-hybridized carbons (Fsp3) is 0.500. The smallest absolute Gasteiger partial charge is 0.162 e. The van der Waals surface area contributed by atoms with E-state index in [9.17, 15) is 9.90 Å². The first-order valence-corrected chi connectivity index (χ1v) is 21.4. The van der Waals surface area contributed by atoms with Crippen molar-refractivity contribution in [3.8, 4) is 22.8 Å². The molecule has 0 amide bonds. The Kier molecular flexibility index (Phi) is 11.4. The summed E-state index contributed by atoms with van der Waals surface area (Å²) in [6.07, 6.45) is 7.70. The monoisotopic (exact) mass is 856 g/mol. The van der Waals surface area contributed by atoms with Crippen LogP contribution in [0.3, 0.4) is 0 Å². The molecule has 4 aromatic rings. The van der Waals surface area contributed by atoms with Gasteiger partial charge in [-0.1, -0.05) is 109 Å². The molecule has 6 rings (SSSR count). The number of aryl methyl sites for hydroxylation is 1. The van der Waals surface area contributed by atoms with Crippen LogP contribution in [0.4, 0.5) is 0 Å². The number of ketones is 1. The van der Waals surface area contributed by atoms with Crippen LogP contribution >= 0.6 is 0 Å². The van der Waals surface area contributed by atoms with E-state index in [0.29, 0.717) is 0 Å². The van der Waals surface area contributed by atoms with Crippen LogP contribution in [-0.2, 0) is 35.7 Å². The van der Waals surface area contributed by atoms with E-state index < -0.39 is 8.07 Å². The van der Waals surface area contributed by atoms with Crippen molar-refractivity contribution in [3.05, 3.63) is 65.2 Å². The van der Waals surface area contributed by atoms with Crippen molar-refractivity contribution in [2.75, 3.05) is 0 Å². The number of carbonyl (C=O) groups excluding carboxylic acids is 1. The van der Waals surface area contributed by atoms with Crippen LogP contribution in [0.1, 0.15) is 104 Å². The van der Waals surface area contributed by atoms with Gasteiger partial charge in [-0.15, -0.1) is 17.5 Å². The fourth-order valence-electron chi connectivity index (χ4n) is 8.29. The molecule has 265 valence electrons. The van der Waals surface area contributed by atoms with E-state index >= 15 is 0 Å². The van der Waals surface area contributed by atoms with Gasteiger partial charge in [-0.25, -0.2) is 4.98 Å². The fourth-order valence-corrected chi connectivity index (χ4v) is 10.2. The molecule has 0 fully saturated rings. The quantitative estimate of drug-likeness (QED) is 0.0728. The second kappa shape index (κ2) is 14.4. The van der Waals surface area contributed by atoms with E-state index in [2.05, 4.69) is 84.6 Å². The molecule has 2 heterocycles. The van der Waals surface area contributed by atoms with Crippen LogP contribution in [-0.4, -0.2) is 28.9 Å². The van der Waals surface area contributed by atoms with Gasteiger partial charge in [0, 0.05) is 54.7 Å². The summed E-state index contributed by atoms with van der Waals surface area (Å²) >= 11 is 0. The molecule has 0 saturated heterocycles. The summed E-state index contributed by atoms with van der Waals surface area (Å²) in [6.45, 7) is 26.8. The zero-order chi connectivity index (χ0) is 35.3. The average Bonchev–Trinajstić information content (AvgIpc) is 3.19. The van der Waals surface area contributed by atoms with Crippen molar-refractivity contribution in [3.63, 3.8) is 0 Å². The first kappa shape index (κ1) is 38.9. The van der Waals surface area contributed by atoms with Crippen molar-refractivity contribution in [2.45, 2.75) is 125 Å². The third-order valence-electron chi connectivity index (χ3n) is 10.6. The van der Waals surface area contributed by atoms with Crippen LogP contribution in [0, 0.1) is 24.8 Å². The van der Waals surface area contributed by atoms with Crippen molar-refractivity contribution < 1.29 is 34.7 Å². The van der Waals surface area contributed by atoms with Crippen LogP contribution in [0.2, 0.25) is 19.6 Å². The Morgan fingerprint density at radius 1 is 0.959 bits per heavy atom.